The molecule has 1 N–H and O–H groups in total. The maximum Gasteiger partial charge on any atom is 0.414 e. The highest BCUT2D eigenvalue weighted by molar-refractivity contribution is 6.03. The topological polar surface area (TPSA) is 108 Å². The molecule has 2 saturated heterocycles. The van der Waals surface area contributed by atoms with Crippen molar-refractivity contribution in [1.82, 2.24) is 10.2 Å². The molecule has 2 aromatic rings. The smallest absolute Gasteiger partial charge is 0.414 e. The van der Waals surface area contributed by atoms with Crippen LogP contribution in [0.15, 0.2) is 42.5 Å². The molecule has 0 saturated carbocycles. The Balaban J connectivity index is 1.33. The summed E-state index contributed by atoms with van der Waals surface area (Å²) < 4.78 is 11.0. The Kier molecular flexibility index (Phi) is 8.64. The van der Waals surface area contributed by atoms with E-state index in [4.69, 9.17) is 9.47 Å². The molecule has 44 heavy (non-hydrogen) atoms. The number of nitrogens with one attached hydrogen (secondary N) is 1. The molecular formula is C34H44N4O6. The molecule has 5 rings (SSSR count). The highest BCUT2D eigenvalue weighted by Gasteiger charge is 2.44. The van der Waals surface area contributed by atoms with Gasteiger partial charge < -0.3 is 24.6 Å². The largest absolute Gasteiger partial charge is 0.446 e. The number of nitrogens with zero attached hydrogens (tertiary/aromatic N) is 3. The van der Waals surface area contributed by atoms with Gasteiger partial charge in [-0.1, -0.05) is 18.2 Å². The highest BCUT2D eigenvalue weighted by atomic mass is 16.6. The Labute approximate surface area is 259 Å². The first-order valence-corrected chi connectivity index (χ1v) is 15.6. The summed E-state index contributed by atoms with van der Waals surface area (Å²) in [6.45, 7) is 12.9. The first kappa shape index (κ1) is 31.3. The summed E-state index contributed by atoms with van der Waals surface area (Å²) in [4.78, 5) is 56.8. The van der Waals surface area contributed by atoms with Gasteiger partial charge in [0.25, 0.3) is 5.91 Å². The van der Waals surface area contributed by atoms with E-state index in [1.54, 1.807) is 9.80 Å². The number of rotatable bonds is 4. The monoisotopic (exact) mass is 604 g/mol. The molecular weight excluding hydrogens is 560 g/mol. The minimum atomic E-state index is -0.558. The predicted octanol–water partition coefficient (Wildman–Crippen LogP) is 6.12. The van der Waals surface area contributed by atoms with E-state index in [-0.39, 0.29) is 42.1 Å². The average molecular weight is 605 g/mol. The summed E-state index contributed by atoms with van der Waals surface area (Å²) in [5, 5.41) is 3.00. The molecule has 4 amide bonds. The van der Waals surface area contributed by atoms with Crippen LogP contribution in [0.2, 0.25) is 0 Å². The maximum absolute atomic E-state index is 13.7. The number of carbonyl (C=O) groups is 4. The lowest BCUT2D eigenvalue weighted by atomic mass is 9.95. The van der Waals surface area contributed by atoms with Crippen molar-refractivity contribution in [2.24, 2.45) is 0 Å². The summed E-state index contributed by atoms with van der Waals surface area (Å²) in [5.74, 6) is -0.0937. The molecule has 3 aliphatic heterocycles. The lowest BCUT2D eigenvalue weighted by molar-refractivity contribution is -0.117. The fraction of sp³-hybridized carbons (Fsp3) is 0.529. The number of alkyl carbamates (subject to hydrolysis) is 1. The van der Waals surface area contributed by atoms with Crippen LogP contribution >= 0.6 is 0 Å². The molecule has 2 aromatic carbocycles. The Bertz CT molecular complexity index is 1420. The predicted molar refractivity (Wildman–Crippen MR) is 169 cm³/mol. The summed E-state index contributed by atoms with van der Waals surface area (Å²) in [7, 11) is 0. The molecule has 10 nitrogen and oxygen atoms in total. The second-order valence-electron chi connectivity index (χ2n) is 13.5. The third kappa shape index (κ3) is 6.54. The molecule has 0 spiro atoms. The van der Waals surface area contributed by atoms with Crippen LogP contribution in [0.5, 0.6) is 0 Å². The van der Waals surface area contributed by atoms with E-state index in [9.17, 15) is 19.2 Å². The van der Waals surface area contributed by atoms with Crippen LogP contribution in [0.25, 0.3) is 11.1 Å². The first-order valence-electron chi connectivity index (χ1n) is 15.6. The van der Waals surface area contributed by atoms with Crippen molar-refractivity contribution in [3.05, 3.63) is 48.0 Å². The third-order valence-electron chi connectivity index (χ3n) is 8.46. The molecule has 0 aromatic heterocycles. The highest BCUT2D eigenvalue weighted by Crippen LogP contribution is 2.40. The van der Waals surface area contributed by atoms with E-state index in [1.807, 2.05) is 88.9 Å². The van der Waals surface area contributed by atoms with Crippen LogP contribution in [0.1, 0.15) is 84.5 Å². The SMILES string of the molecule is CC(=O)N1c2ccc(-c3ccc(C(=O)N4[C@@H]5CC[C@H]4C[C@@H](NC(=O)OC(C)(C)C)C5)cc3)cc2N(C(=O)OC(C)C)C[C@@H]1C. The van der Waals surface area contributed by atoms with Gasteiger partial charge in [-0.2, -0.15) is 0 Å². The molecule has 4 atom stereocenters. The number of hydrogen-bond donors (Lipinski definition) is 1. The van der Waals surface area contributed by atoms with Crippen LogP contribution < -0.4 is 15.1 Å². The molecule has 0 unspecified atom stereocenters. The minimum Gasteiger partial charge on any atom is -0.446 e. The van der Waals surface area contributed by atoms with Crippen LogP contribution in [-0.2, 0) is 14.3 Å². The van der Waals surface area contributed by atoms with Crippen molar-refractivity contribution in [2.75, 3.05) is 16.3 Å². The maximum atomic E-state index is 13.7. The Hall–Kier alpha value is -4.08. The van der Waals surface area contributed by atoms with Gasteiger partial charge >= 0.3 is 12.2 Å². The van der Waals surface area contributed by atoms with E-state index in [0.29, 0.717) is 36.3 Å². The lowest BCUT2D eigenvalue weighted by Crippen LogP contribution is -2.53. The number of piperidine rings is 1. The van der Waals surface area contributed by atoms with Crippen LogP contribution in [-0.4, -0.2) is 71.3 Å². The van der Waals surface area contributed by atoms with Gasteiger partial charge in [-0.05, 0) is 103 Å². The molecule has 2 fully saturated rings. The Morgan fingerprint density at radius 1 is 0.909 bits per heavy atom. The van der Waals surface area contributed by atoms with Gasteiger partial charge in [0.05, 0.1) is 23.5 Å². The van der Waals surface area contributed by atoms with Gasteiger partial charge in [-0.25, -0.2) is 9.59 Å². The van der Waals surface area contributed by atoms with E-state index in [0.717, 1.165) is 24.0 Å². The summed E-state index contributed by atoms with van der Waals surface area (Å²) in [6, 6.07) is 13.1. The number of amides is 4. The van der Waals surface area contributed by atoms with Crippen molar-refractivity contribution in [1.29, 1.82) is 0 Å². The zero-order valence-corrected chi connectivity index (χ0v) is 26.8. The van der Waals surface area contributed by atoms with Gasteiger partial charge in [-0.3, -0.25) is 14.5 Å². The first-order chi connectivity index (χ1) is 20.7. The van der Waals surface area contributed by atoms with Crippen LogP contribution in [0.4, 0.5) is 21.0 Å². The van der Waals surface area contributed by atoms with Crippen molar-refractivity contribution in [3.8, 4) is 11.1 Å². The zero-order valence-electron chi connectivity index (χ0n) is 26.8. The van der Waals surface area contributed by atoms with Crippen molar-refractivity contribution in [2.45, 2.75) is 110 Å². The summed E-state index contributed by atoms with van der Waals surface area (Å²) in [5.41, 5.74) is 3.07. The number of carbonyl (C=O) groups excluding carboxylic acids is 4. The molecule has 0 aliphatic carbocycles. The summed E-state index contributed by atoms with van der Waals surface area (Å²) >= 11 is 0. The number of hydrogen-bond acceptors (Lipinski definition) is 6. The lowest BCUT2D eigenvalue weighted by Gasteiger charge is -2.40. The van der Waals surface area contributed by atoms with E-state index in [1.165, 1.54) is 6.92 Å². The standard InChI is InChI=1S/C34H44N4O6/c1-20(2)43-33(42)36-19-21(3)37(22(4)39)29-15-12-25(16-30(29)36)23-8-10-24(11-9-23)31(40)38-27-13-14-28(38)18-26(17-27)35-32(41)44-34(5,6)7/h8-12,15-16,20-21,26-28H,13-14,17-19H2,1-7H3,(H,35,41)/t21-,26-,27+,28-/m0/s1. The second kappa shape index (κ2) is 12.1. The van der Waals surface area contributed by atoms with E-state index in [2.05, 4.69) is 5.32 Å². The molecule has 10 heteroatoms. The van der Waals surface area contributed by atoms with Gasteiger partial charge in [0, 0.05) is 37.2 Å². The van der Waals surface area contributed by atoms with Gasteiger partial charge in [0.15, 0.2) is 0 Å². The fourth-order valence-electron chi connectivity index (χ4n) is 6.78. The third-order valence-corrected chi connectivity index (χ3v) is 8.46. The number of anilines is 2. The second-order valence-corrected chi connectivity index (χ2v) is 13.5. The number of fused-ring (bicyclic) bond motifs is 3. The van der Waals surface area contributed by atoms with Gasteiger partial charge in [0.2, 0.25) is 5.91 Å². The number of benzene rings is 2. The van der Waals surface area contributed by atoms with Crippen molar-refractivity contribution < 1.29 is 28.7 Å². The molecule has 3 heterocycles. The van der Waals surface area contributed by atoms with E-state index < -0.39 is 17.8 Å². The fourth-order valence-corrected chi connectivity index (χ4v) is 6.78. The van der Waals surface area contributed by atoms with Crippen LogP contribution in [0, 0.1) is 0 Å². The van der Waals surface area contributed by atoms with Crippen molar-refractivity contribution >= 4 is 35.4 Å². The molecule has 2 bridgehead atoms. The quantitative estimate of drug-likeness (QED) is 0.451. The zero-order chi connectivity index (χ0) is 31.9. The Morgan fingerprint density at radius 2 is 1.52 bits per heavy atom. The van der Waals surface area contributed by atoms with Crippen LogP contribution in [0.3, 0.4) is 0 Å². The van der Waals surface area contributed by atoms with Gasteiger partial charge in [0.1, 0.15) is 5.60 Å². The molecule has 0 radical (unpaired) electrons. The van der Waals surface area contributed by atoms with E-state index >= 15 is 0 Å². The normalized spacial score (nSPS) is 22.9. The average Bonchev–Trinajstić information content (AvgIpc) is 3.20. The number of ether oxygens (including phenoxy) is 2. The molecule has 236 valence electrons. The van der Waals surface area contributed by atoms with Crippen molar-refractivity contribution in [3.63, 3.8) is 0 Å². The van der Waals surface area contributed by atoms with Gasteiger partial charge in [-0.15, -0.1) is 0 Å². The molecule has 3 aliphatic rings. The summed E-state index contributed by atoms with van der Waals surface area (Å²) in [6.07, 6.45) is 2.11. The Morgan fingerprint density at radius 3 is 2.09 bits per heavy atom. The minimum absolute atomic E-state index is 0.00102.